The Hall–Kier alpha value is -0.380. The molecule has 0 bridgehead atoms. The van der Waals surface area contributed by atoms with E-state index in [0.29, 0.717) is 12.1 Å². The maximum absolute atomic E-state index is 4.04. The van der Waals surface area contributed by atoms with E-state index in [0.717, 1.165) is 19.5 Å². The molecule has 1 rings (SSSR count). The van der Waals surface area contributed by atoms with E-state index in [9.17, 15) is 0 Å². The van der Waals surface area contributed by atoms with Crippen molar-refractivity contribution >= 4 is 0 Å². The van der Waals surface area contributed by atoms with Crippen molar-refractivity contribution in [1.29, 1.82) is 0 Å². The highest BCUT2D eigenvalue weighted by Crippen LogP contribution is 2.15. The summed E-state index contributed by atoms with van der Waals surface area (Å²) >= 11 is 0. The van der Waals surface area contributed by atoms with Gasteiger partial charge in [-0.1, -0.05) is 12.5 Å². The molecule has 0 saturated carbocycles. The van der Waals surface area contributed by atoms with Crippen molar-refractivity contribution in [3.05, 3.63) is 12.2 Å². The van der Waals surface area contributed by atoms with Gasteiger partial charge in [0.25, 0.3) is 0 Å². The van der Waals surface area contributed by atoms with Crippen molar-refractivity contribution in [2.45, 2.75) is 32.4 Å². The molecule has 3 heteroatoms. The van der Waals surface area contributed by atoms with Crippen molar-refractivity contribution < 1.29 is 0 Å². The Balaban J connectivity index is 2.62. The fourth-order valence-corrected chi connectivity index (χ4v) is 2.46. The topological polar surface area (TPSA) is 18.5 Å². The molecule has 1 fully saturated rings. The molecule has 1 aliphatic rings. The summed E-state index contributed by atoms with van der Waals surface area (Å²) in [5.74, 6) is 0. The summed E-state index contributed by atoms with van der Waals surface area (Å²) in [5.41, 5.74) is 1.27. The Labute approximate surface area is 100 Å². The quantitative estimate of drug-likeness (QED) is 0.709. The minimum Gasteiger partial charge on any atom is -0.312 e. The lowest BCUT2D eigenvalue weighted by Gasteiger charge is -2.42. The third kappa shape index (κ3) is 3.89. The van der Waals surface area contributed by atoms with Crippen LogP contribution >= 0.6 is 0 Å². The largest absolute Gasteiger partial charge is 0.312 e. The van der Waals surface area contributed by atoms with Gasteiger partial charge in [0.15, 0.2) is 0 Å². The summed E-state index contributed by atoms with van der Waals surface area (Å²) in [5, 5.41) is 3.61. The van der Waals surface area contributed by atoms with Crippen molar-refractivity contribution in [3.63, 3.8) is 0 Å². The average Bonchev–Trinajstić information content (AvgIpc) is 2.20. The third-order valence-corrected chi connectivity index (χ3v) is 3.40. The summed E-state index contributed by atoms with van der Waals surface area (Å²) < 4.78 is 0. The first kappa shape index (κ1) is 13.7. The molecule has 1 aliphatic heterocycles. The van der Waals surface area contributed by atoms with Crippen LogP contribution in [-0.4, -0.2) is 62.2 Å². The van der Waals surface area contributed by atoms with Crippen LogP contribution in [-0.2, 0) is 0 Å². The second-order valence-corrected chi connectivity index (χ2v) is 5.14. The molecule has 0 aromatic rings. The summed E-state index contributed by atoms with van der Waals surface area (Å²) in [6.07, 6.45) is 1.08. The summed E-state index contributed by atoms with van der Waals surface area (Å²) in [7, 11) is 4.45. The first-order chi connectivity index (χ1) is 7.54. The van der Waals surface area contributed by atoms with Gasteiger partial charge in [0, 0.05) is 31.7 Å². The number of piperazine rings is 1. The van der Waals surface area contributed by atoms with Crippen LogP contribution in [0.2, 0.25) is 0 Å². The Morgan fingerprint density at radius 2 is 2.12 bits per heavy atom. The van der Waals surface area contributed by atoms with Crippen LogP contribution in [0.25, 0.3) is 0 Å². The van der Waals surface area contributed by atoms with Crippen LogP contribution in [0.3, 0.4) is 0 Å². The van der Waals surface area contributed by atoms with E-state index in [4.69, 9.17) is 0 Å². The maximum Gasteiger partial charge on any atom is 0.0377 e. The van der Waals surface area contributed by atoms with Crippen LogP contribution in [0.4, 0.5) is 0 Å². The molecule has 0 aromatic heterocycles. The predicted molar refractivity (Wildman–Crippen MR) is 70.8 cm³/mol. The molecular weight excluding hydrogens is 198 g/mol. The van der Waals surface area contributed by atoms with Gasteiger partial charge in [0.1, 0.15) is 0 Å². The zero-order valence-corrected chi connectivity index (χ0v) is 11.3. The van der Waals surface area contributed by atoms with Crippen molar-refractivity contribution in [2.75, 3.05) is 40.3 Å². The number of nitrogens with zero attached hydrogens (tertiary/aromatic N) is 2. The molecule has 16 heavy (non-hydrogen) atoms. The van der Waals surface area contributed by atoms with Crippen molar-refractivity contribution in [1.82, 2.24) is 15.1 Å². The van der Waals surface area contributed by atoms with E-state index in [1.165, 1.54) is 18.7 Å². The van der Waals surface area contributed by atoms with Gasteiger partial charge < -0.3 is 10.2 Å². The molecule has 0 amide bonds. The smallest absolute Gasteiger partial charge is 0.0377 e. The third-order valence-electron chi connectivity index (χ3n) is 3.40. The fourth-order valence-electron chi connectivity index (χ4n) is 2.46. The predicted octanol–water partition coefficient (Wildman–Crippen LogP) is 1.18. The number of likely N-dealkylation sites (N-methyl/N-ethyl adjacent to an activating group) is 3. The van der Waals surface area contributed by atoms with Crippen LogP contribution in [0.5, 0.6) is 0 Å². The first-order valence-electron chi connectivity index (χ1n) is 6.31. The van der Waals surface area contributed by atoms with Gasteiger partial charge >= 0.3 is 0 Å². The SMILES string of the molecule is C=C(C)CC(NCC)C1CN(C)CCN1C. The van der Waals surface area contributed by atoms with Crippen molar-refractivity contribution in [3.8, 4) is 0 Å². The van der Waals surface area contributed by atoms with E-state index in [1.807, 2.05) is 0 Å². The van der Waals surface area contributed by atoms with Gasteiger partial charge in [-0.25, -0.2) is 0 Å². The molecule has 1 heterocycles. The molecule has 0 spiro atoms. The van der Waals surface area contributed by atoms with Gasteiger partial charge in [0.05, 0.1) is 0 Å². The minimum absolute atomic E-state index is 0.537. The Morgan fingerprint density at radius 1 is 1.44 bits per heavy atom. The van der Waals surface area contributed by atoms with Gasteiger partial charge in [-0.05, 0) is 34.0 Å². The fraction of sp³-hybridized carbons (Fsp3) is 0.846. The second kappa shape index (κ2) is 6.38. The average molecular weight is 225 g/mol. The molecule has 0 aliphatic carbocycles. The molecule has 3 nitrogen and oxygen atoms in total. The minimum atomic E-state index is 0.537. The van der Waals surface area contributed by atoms with Crippen LogP contribution in [0.15, 0.2) is 12.2 Å². The Kier molecular flexibility index (Phi) is 5.46. The van der Waals surface area contributed by atoms with E-state index in [2.05, 4.69) is 49.6 Å². The highest BCUT2D eigenvalue weighted by atomic mass is 15.3. The lowest BCUT2D eigenvalue weighted by atomic mass is 9.98. The van der Waals surface area contributed by atoms with Crippen LogP contribution in [0.1, 0.15) is 20.3 Å². The molecule has 0 aromatic carbocycles. The zero-order chi connectivity index (χ0) is 12.1. The molecular formula is C13H27N3. The monoisotopic (exact) mass is 225 g/mol. The Morgan fingerprint density at radius 3 is 2.69 bits per heavy atom. The van der Waals surface area contributed by atoms with Crippen molar-refractivity contribution in [2.24, 2.45) is 0 Å². The van der Waals surface area contributed by atoms with Crippen LogP contribution in [0, 0.1) is 0 Å². The molecule has 2 unspecified atom stereocenters. The normalized spacial score (nSPS) is 25.6. The first-order valence-corrected chi connectivity index (χ1v) is 6.31. The van der Waals surface area contributed by atoms with Gasteiger partial charge in [0.2, 0.25) is 0 Å². The van der Waals surface area contributed by atoms with E-state index in [-0.39, 0.29) is 0 Å². The zero-order valence-electron chi connectivity index (χ0n) is 11.3. The molecule has 1 N–H and O–H groups in total. The number of hydrogen-bond acceptors (Lipinski definition) is 3. The highest BCUT2D eigenvalue weighted by Gasteiger charge is 2.28. The number of hydrogen-bond donors (Lipinski definition) is 1. The molecule has 1 saturated heterocycles. The lowest BCUT2D eigenvalue weighted by Crippen LogP contribution is -2.58. The van der Waals surface area contributed by atoms with Gasteiger partial charge in [-0.15, -0.1) is 6.58 Å². The summed E-state index contributed by atoms with van der Waals surface area (Å²) in [6.45, 7) is 12.9. The second-order valence-electron chi connectivity index (χ2n) is 5.14. The lowest BCUT2D eigenvalue weighted by molar-refractivity contribution is 0.0881. The van der Waals surface area contributed by atoms with E-state index >= 15 is 0 Å². The molecule has 2 atom stereocenters. The van der Waals surface area contributed by atoms with Crippen LogP contribution < -0.4 is 5.32 Å². The van der Waals surface area contributed by atoms with E-state index in [1.54, 1.807) is 0 Å². The standard InChI is InChI=1S/C13H27N3/c1-6-14-12(9-11(2)3)13-10-15(4)7-8-16(13)5/h12-14H,2,6-10H2,1,3-5H3. The highest BCUT2D eigenvalue weighted by molar-refractivity contribution is 4.99. The molecule has 0 radical (unpaired) electrons. The van der Waals surface area contributed by atoms with Gasteiger partial charge in [-0.3, -0.25) is 4.90 Å². The summed E-state index contributed by atoms with van der Waals surface area (Å²) in [6, 6.07) is 1.14. The number of rotatable bonds is 5. The number of nitrogens with one attached hydrogen (secondary N) is 1. The van der Waals surface area contributed by atoms with Gasteiger partial charge in [-0.2, -0.15) is 0 Å². The summed E-state index contributed by atoms with van der Waals surface area (Å²) in [4.78, 5) is 4.91. The Bertz CT molecular complexity index is 227. The maximum atomic E-state index is 4.04. The van der Waals surface area contributed by atoms with E-state index < -0.39 is 0 Å². The molecule has 94 valence electrons.